The maximum Gasteiger partial charge on any atom is 0.326 e. The Labute approximate surface area is 305 Å². The van der Waals surface area contributed by atoms with E-state index in [1.165, 1.54) is 0 Å². The minimum atomic E-state index is -1.04. The molecule has 3 heterocycles. The van der Waals surface area contributed by atoms with E-state index in [1.807, 2.05) is 78.2 Å². The molecule has 1 saturated heterocycles. The molecule has 0 saturated carbocycles. The van der Waals surface area contributed by atoms with Crippen molar-refractivity contribution in [2.45, 2.75) is 76.9 Å². The number of likely N-dealkylation sites (tertiary alicyclic amines) is 1. The molecule has 2 aliphatic heterocycles. The minimum absolute atomic E-state index is 0.0614. The Hall–Kier alpha value is -3.70. The average molecular weight is 724 g/mol. The summed E-state index contributed by atoms with van der Waals surface area (Å²) in [6, 6.07) is 17.0. The zero-order chi connectivity index (χ0) is 36.3. The minimum Gasteiger partial charge on any atom is -0.493 e. The Balaban J connectivity index is 1.61. The lowest BCUT2D eigenvalue weighted by Crippen LogP contribution is -2.59. The molecule has 2 aliphatic rings. The van der Waals surface area contributed by atoms with Crippen LogP contribution in [0.4, 0.5) is 4.79 Å². The van der Waals surface area contributed by atoms with Crippen LogP contribution in [0.25, 0.3) is 0 Å². The van der Waals surface area contributed by atoms with E-state index in [1.54, 1.807) is 6.20 Å². The zero-order valence-corrected chi connectivity index (χ0v) is 31.2. The van der Waals surface area contributed by atoms with Crippen LogP contribution in [0.2, 0.25) is 10.0 Å². The molecule has 2 atom stereocenters. The fraction of sp³-hybridized carbons (Fsp3) is 0.474. The van der Waals surface area contributed by atoms with Crippen molar-refractivity contribution in [2.24, 2.45) is 4.99 Å². The third-order valence-corrected chi connectivity index (χ3v) is 10.4. The van der Waals surface area contributed by atoms with Crippen LogP contribution in [0.3, 0.4) is 0 Å². The Kier molecular flexibility index (Phi) is 11.5. The van der Waals surface area contributed by atoms with E-state index in [2.05, 4.69) is 38.3 Å². The molecule has 2 aromatic carbocycles. The lowest BCUT2D eigenvalue weighted by molar-refractivity contribution is -0.120. The first-order valence-corrected chi connectivity index (χ1v) is 17.9. The van der Waals surface area contributed by atoms with Gasteiger partial charge in [-0.05, 0) is 69.0 Å². The SMILES string of the molecule is CCOc1cc(C(C)(C)C)ncc1C1=N[C@@](C)(c2ccc(Cl)cc2)[C@@](C)(c2ccc(Cl)cc2)N1C(=O)N1CCC(NCC(=O)NCCO)CC1. The van der Waals surface area contributed by atoms with Gasteiger partial charge < -0.3 is 25.4 Å². The summed E-state index contributed by atoms with van der Waals surface area (Å²) in [5.41, 5.74) is 0.971. The highest BCUT2D eigenvalue weighted by molar-refractivity contribution is 6.30. The topological polar surface area (TPSA) is 119 Å². The molecule has 0 radical (unpaired) electrons. The Morgan fingerprint density at radius 3 is 2.16 bits per heavy atom. The summed E-state index contributed by atoms with van der Waals surface area (Å²) in [6.45, 7) is 14.0. The second-order valence-electron chi connectivity index (χ2n) is 14.2. The van der Waals surface area contributed by atoms with Gasteiger partial charge in [-0.25, -0.2) is 4.79 Å². The van der Waals surface area contributed by atoms with E-state index in [9.17, 15) is 4.79 Å². The summed E-state index contributed by atoms with van der Waals surface area (Å²) in [4.78, 5) is 41.3. The number of pyridine rings is 1. The smallest absolute Gasteiger partial charge is 0.326 e. The van der Waals surface area contributed by atoms with Gasteiger partial charge in [-0.1, -0.05) is 68.2 Å². The van der Waals surface area contributed by atoms with Gasteiger partial charge in [0, 0.05) is 59.1 Å². The third kappa shape index (κ3) is 7.49. The van der Waals surface area contributed by atoms with Crippen LogP contribution >= 0.6 is 23.2 Å². The summed E-state index contributed by atoms with van der Waals surface area (Å²) >= 11 is 12.8. The van der Waals surface area contributed by atoms with Crippen LogP contribution in [-0.4, -0.2) is 83.1 Å². The van der Waals surface area contributed by atoms with E-state index in [4.69, 9.17) is 43.0 Å². The van der Waals surface area contributed by atoms with Crippen LogP contribution in [0.5, 0.6) is 5.75 Å². The number of aliphatic imine (C=N–C) groups is 1. The van der Waals surface area contributed by atoms with Crippen molar-refractivity contribution in [3.8, 4) is 5.75 Å². The highest BCUT2D eigenvalue weighted by atomic mass is 35.5. The van der Waals surface area contributed by atoms with E-state index in [0.717, 1.165) is 16.8 Å². The van der Waals surface area contributed by atoms with Crippen LogP contribution in [0.15, 0.2) is 65.8 Å². The predicted octanol–water partition coefficient (Wildman–Crippen LogP) is 6.26. The van der Waals surface area contributed by atoms with Crippen LogP contribution < -0.4 is 15.4 Å². The maximum absolute atomic E-state index is 15.2. The van der Waals surface area contributed by atoms with Gasteiger partial charge in [0.05, 0.1) is 25.3 Å². The number of hydrogen-bond donors (Lipinski definition) is 3. The number of amides is 3. The molecule has 3 aromatic rings. The molecule has 0 spiro atoms. The summed E-state index contributed by atoms with van der Waals surface area (Å²) in [5.74, 6) is 0.888. The van der Waals surface area contributed by atoms with E-state index in [0.29, 0.717) is 59.7 Å². The van der Waals surface area contributed by atoms with Crippen molar-refractivity contribution in [3.05, 3.63) is 93.2 Å². The molecule has 3 N–H and O–H groups in total. The van der Waals surface area contributed by atoms with Crippen LogP contribution in [0, 0.1) is 0 Å². The molecule has 12 heteroatoms. The number of urea groups is 1. The van der Waals surface area contributed by atoms with Gasteiger partial charge in [-0.3, -0.25) is 19.7 Å². The van der Waals surface area contributed by atoms with Crippen molar-refractivity contribution in [3.63, 3.8) is 0 Å². The van der Waals surface area contributed by atoms with Gasteiger partial charge in [0.15, 0.2) is 0 Å². The number of amidine groups is 1. The highest BCUT2D eigenvalue weighted by Gasteiger charge is 2.60. The molecule has 0 bridgehead atoms. The lowest BCUT2D eigenvalue weighted by atomic mass is 9.71. The molecule has 10 nitrogen and oxygen atoms in total. The molecule has 268 valence electrons. The number of rotatable bonds is 10. The quantitative estimate of drug-likeness (QED) is 0.227. The number of aromatic nitrogens is 1. The van der Waals surface area contributed by atoms with Crippen molar-refractivity contribution >= 4 is 41.0 Å². The van der Waals surface area contributed by atoms with E-state index < -0.39 is 11.1 Å². The molecular formula is C38H48Cl2N6O4. The van der Waals surface area contributed by atoms with Crippen molar-refractivity contribution in [2.75, 3.05) is 39.4 Å². The maximum atomic E-state index is 15.2. The van der Waals surface area contributed by atoms with Gasteiger partial charge in [-0.2, -0.15) is 0 Å². The first-order chi connectivity index (χ1) is 23.7. The summed E-state index contributed by atoms with van der Waals surface area (Å²) < 4.78 is 6.26. The molecule has 5 rings (SSSR count). The standard InChI is InChI=1S/C38H48Cl2N6O4/c1-7-50-31-22-32(36(2,3)4)43-23-30(31)34-44-37(5,25-8-12-27(39)13-9-25)38(6,26-10-14-28(40)15-11-26)46(34)35(49)45-19-16-29(17-20-45)42-24-33(48)41-18-21-47/h8-15,22-23,29,42,47H,7,16-21,24H2,1-6H3,(H,41,48)/t37-,38+/m0/s1. The number of nitrogens with zero attached hydrogens (tertiary/aromatic N) is 4. The third-order valence-electron chi connectivity index (χ3n) is 9.87. The number of nitrogens with one attached hydrogen (secondary N) is 2. The first kappa shape index (κ1) is 37.6. The average Bonchev–Trinajstić information content (AvgIpc) is 3.34. The van der Waals surface area contributed by atoms with Gasteiger partial charge in [-0.15, -0.1) is 0 Å². The normalized spacial score (nSPS) is 21.3. The fourth-order valence-electron chi connectivity index (χ4n) is 6.77. The number of piperidine rings is 1. The van der Waals surface area contributed by atoms with Crippen LogP contribution in [0.1, 0.15) is 76.8 Å². The Bertz CT molecular complexity index is 1700. The highest BCUT2D eigenvalue weighted by Crippen LogP contribution is 2.54. The van der Waals surface area contributed by atoms with Gasteiger partial charge >= 0.3 is 6.03 Å². The van der Waals surface area contributed by atoms with E-state index in [-0.39, 0.29) is 43.1 Å². The fourth-order valence-corrected chi connectivity index (χ4v) is 7.02. The van der Waals surface area contributed by atoms with Crippen molar-refractivity contribution in [1.29, 1.82) is 0 Å². The number of carbonyl (C=O) groups excluding carboxylic acids is 2. The van der Waals surface area contributed by atoms with Gasteiger partial charge in [0.25, 0.3) is 0 Å². The largest absolute Gasteiger partial charge is 0.493 e. The summed E-state index contributed by atoms with van der Waals surface area (Å²) in [6.07, 6.45) is 3.10. The van der Waals surface area contributed by atoms with Gasteiger partial charge in [0.1, 0.15) is 22.7 Å². The van der Waals surface area contributed by atoms with Crippen LogP contribution in [-0.2, 0) is 21.3 Å². The number of halogens is 2. The second-order valence-corrected chi connectivity index (χ2v) is 15.0. The first-order valence-electron chi connectivity index (χ1n) is 17.2. The number of aliphatic hydroxyl groups excluding tert-OH is 1. The summed E-state index contributed by atoms with van der Waals surface area (Å²) in [7, 11) is 0. The van der Waals surface area contributed by atoms with Crippen molar-refractivity contribution in [1.82, 2.24) is 25.4 Å². The molecule has 0 unspecified atom stereocenters. The monoisotopic (exact) mass is 722 g/mol. The molecular weight excluding hydrogens is 675 g/mol. The molecule has 3 amide bonds. The zero-order valence-electron chi connectivity index (χ0n) is 29.7. The Morgan fingerprint density at radius 1 is 1.00 bits per heavy atom. The number of ether oxygens (including phenoxy) is 1. The molecule has 50 heavy (non-hydrogen) atoms. The number of aliphatic hydroxyl groups is 1. The number of hydrogen-bond acceptors (Lipinski definition) is 7. The molecule has 1 aromatic heterocycles. The second kappa shape index (κ2) is 15.3. The molecule has 0 aliphatic carbocycles. The van der Waals surface area contributed by atoms with Crippen molar-refractivity contribution < 1.29 is 19.4 Å². The number of benzene rings is 2. The van der Waals surface area contributed by atoms with E-state index >= 15 is 4.79 Å². The Morgan fingerprint density at radius 2 is 1.60 bits per heavy atom. The lowest BCUT2D eigenvalue weighted by Gasteiger charge is -2.47. The summed E-state index contributed by atoms with van der Waals surface area (Å²) in [5, 5.41) is 16.2. The van der Waals surface area contributed by atoms with Gasteiger partial charge in [0.2, 0.25) is 5.91 Å². The predicted molar refractivity (Wildman–Crippen MR) is 198 cm³/mol. The molecule has 1 fully saturated rings. The number of carbonyl (C=O) groups is 2.